The number of aliphatic hydroxyl groups is 2. The Morgan fingerprint density at radius 3 is 1.75 bits per heavy atom. The Morgan fingerprint density at radius 1 is 1.33 bits per heavy atom. The minimum atomic E-state index is -5.07. The van der Waals surface area contributed by atoms with Crippen LogP contribution in [0.2, 0.25) is 0 Å². The summed E-state index contributed by atoms with van der Waals surface area (Å²) in [6.07, 6.45) is -1.33. The average Bonchev–Trinajstić information content (AvgIpc) is 1.81. The molecule has 0 aromatic carbocycles. The van der Waals surface area contributed by atoms with E-state index in [0.717, 1.165) is 0 Å². The summed E-state index contributed by atoms with van der Waals surface area (Å²) < 4.78 is 13.5. The SMILES string of the molecule is O=P([O-])([O-])OC(CO)CO.[Ca+2].[MgH2]. The minimum absolute atomic E-state index is 0. The third kappa shape index (κ3) is 12.1. The van der Waals surface area contributed by atoms with E-state index in [1.807, 2.05) is 0 Å². The van der Waals surface area contributed by atoms with E-state index < -0.39 is 27.1 Å². The first kappa shape index (κ1) is 19.6. The maximum Gasteiger partial charge on any atom is 2.00 e. The van der Waals surface area contributed by atoms with Gasteiger partial charge in [-0.25, -0.2) is 0 Å². The number of aliphatic hydroxyl groups excluding tert-OH is 2. The van der Waals surface area contributed by atoms with Crippen molar-refractivity contribution in [3.05, 3.63) is 0 Å². The molecule has 0 aliphatic rings. The quantitative estimate of drug-likeness (QED) is 0.379. The Morgan fingerprint density at radius 2 is 1.67 bits per heavy atom. The van der Waals surface area contributed by atoms with Crippen LogP contribution in [0.4, 0.5) is 0 Å². The second-order valence-corrected chi connectivity index (χ2v) is 2.65. The molecule has 0 aliphatic heterocycles. The first-order chi connectivity index (χ1) is 4.49. The molecule has 0 rings (SSSR count). The molecular formula is C3H9CaMgO6P. The molecule has 66 valence electrons. The second kappa shape index (κ2) is 9.60. The van der Waals surface area contributed by atoms with Gasteiger partial charge in [-0.05, 0) is 0 Å². The van der Waals surface area contributed by atoms with Gasteiger partial charge in [-0.2, -0.15) is 0 Å². The molecule has 2 N–H and O–H groups in total. The van der Waals surface area contributed by atoms with Gasteiger partial charge >= 0.3 is 60.8 Å². The topological polar surface area (TPSA) is 113 Å². The van der Waals surface area contributed by atoms with Crippen LogP contribution in [0.5, 0.6) is 0 Å². The van der Waals surface area contributed by atoms with E-state index in [0.29, 0.717) is 0 Å². The van der Waals surface area contributed by atoms with Crippen molar-refractivity contribution in [2.24, 2.45) is 0 Å². The zero-order chi connectivity index (χ0) is 8.20. The Balaban J connectivity index is -0.000000405. The molecule has 0 aromatic heterocycles. The van der Waals surface area contributed by atoms with Crippen molar-refractivity contribution in [2.45, 2.75) is 6.10 Å². The van der Waals surface area contributed by atoms with E-state index in [4.69, 9.17) is 10.2 Å². The average molecular weight is 236 g/mol. The van der Waals surface area contributed by atoms with E-state index in [1.165, 1.54) is 0 Å². The third-order valence-electron chi connectivity index (χ3n) is 0.685. The summed E-state index contributed by atoms with van der Waals surface area (Å²) in [6, 6.07) is 0. The summed E-state index contributed by atoms with van der Waals surface area (Å²) in [7, 11) is -5.07. The van der Waals surface area contributed by atoms with Crippen molar-refractivity contribution < 1.29 is 29.1 Å². The van der Waals surface area contributed by atoms with Gasteiger partial charge in [-0.15, -0.1) is 0 Å². The van der Waals surface area contributed by atoms with Crippen LogP contribution in [-0.2, 0) is 9.09 Å². The summed E-state index contributed by atoms with van der Waals surface area (Å²) in [4.78, 5) is 19.6. The molecule has 0 atom stereocenters. The smallest absolute Gasteiger partial charge is 0.790 e. The third-order valence-corrected chi connectivity index (χ3v) is 1.24. The first-order valence-corrected chi connectivity index (χ1v) is 3.88. The molecule has 0 aromatic rings. The number of rotatable bonds is 4. The van der Waals surface area contributed by atoms with Gasteiger partial charge in [0.15, 0.2) is 0 Å². The molecule has 0 amide bonds. The molecule has 0 spiro atoms. The van der Waals surface area contributed by atoms with Gasteiger partial charge in [-0.3, -0.25) is 0 Å². The van der Waals surface area contributed by atoms with E-state index in [9.17, 15) is 14.4 Å². The summed E-state index contributed by atoms with van der Waals surface area (Å²) in [6.45, 7) is -1.41. The fraction of sp³-hybridized carbons (Fsp3) is 1.00. The maximum atomic E-state index is 9.79. The van der Waals surface area contributed by atoms with Gasteiger partial charge in [-0.1, -0.05) is 0 Å². The molecule has 0 saturated heterocycles. The fourth-order valence-corrected chi connectivity index (χ4v) is 0.805. The second-order valence-electron chi connectivity index (χ2n) is 1.54. The van der Waals surface area contributed by atoms with Crippen molar-refractivity contribution >= 4 is 68.6 Å². The normalized spacial score (nSPS) is 10.4. The molecule has 0 fully saturated rings. The van der Waals surface area contributed by atoms with Gasteiger partial charge in [0, 0.05) is 0 Å². The van der Waals surface area contributed by atoms with Crippen LogP contribution < -0.4 is 9.79 Å². The summed E-state index contributed by atoms with van der Waals surface area (Å²) in [5.41, 5.74) is 0. The maximum absolute atomic E-state index is 9.79. The molecule has 0 radical (unpaired) electrons. The van der Waals surface area contributed by atoms with Crippen LogP contribution in [0, 0.1) is 0 Å². The molecule has 6 nitrogen and oxygen atoms in total. The number of hydrogen-bond acceptors (Lipinski definition) is 6. The van der Waals surface area contributed by atoms with E-state index in [1.54, 1.807) is 0 Å². The molecule has 9 heteroatoms. The number of phosphoric ester groups is 1. The van der Waals surface area contributed by atoms with Crippen LogP contribution >= 0.6 is 7.82 Å². The Bertz CT molecular complexity index is 135. The Kier molecular flexibility index (Phi) is 15.7. The van der Waals surface area contributed by atoms with Crippen molar-refractivity contribution in [1.82, 2.24) is 0 Å². The molecular weight excluding hydrogens is 227 g/mol. The summed E-state index contributed by atoms with van der Waals surface area (Å²) in [5.74, 6) is 0. The van der Waals surface area contributed by atoms with Gasteiger partial charge in [0.05, 0.1) is 21.0 Å². The standard InChI is InChI=1S/C3H9O6P.Ca.Mg.2H/c4-1-3(2-5)9-10(6,7)8;;;;/h3-5H,1-2H2,(H2,6,7,8);;;;/q;+2;;;/p-2. The largest absolute Gasteiger partial charge is 2.00 e. The predicted octanol–water partition coefficient (Wildman–Crippen LogP) is -4.11. The monoisotopic (exact) mass is 236 g/mol. The van der Waals surface area contributed by atoms with Gasteiger partial charge in [0.25, 0.3) is 0 Å². The van der Waals surface area contributed by atoms with Crippen LogP contribution in [-0.4, -0.2) is 90.3 Å². The fourth-order valence-electron chi connectivity index (χ4n) is 0.307. The zero-order valence-electron chi connectivity index (χ0n) is 5.67. The molecule has 12 heavy (non-hydrogen) atoms. The zero-order valence-corrected chi connectivity index (χ0v) is 8.78. The van der Waals surface area contributed by atoms with Crippen LogP contribution in [0.3, 0.4) is 0 Å². The van der Waals surface area contributed by atoms with Crippen LogP contribution in [0.15, 0.2) is 0 Å². The summed E-state index contributed by atoms with van der Waals surface area (Å²) >= 11 is 0. The van der Waals surface area contributed by atoms with E-state index >= 15 is 0 Å². The van der Waals surface area contributed by atoms with E-state index in [-0.39, 0.29) is 60.8 Å². The predicted molar refractivity (Wildman–Crippen MR) is 40.9 cm³/mol. The molecule has 0 unspecified atom stereocenters. The van der Waals surface area contributed by atoms with Crippen LogP contribution in [0.1, 0.15) is 0 Å². The molecule has 0 saturated carbocycles. The molecule has 0 heterocycles. The van der Waals surface area contributed by atoms with Crippen molar-refractivity contribution in [3.8, 4) is 0 Å². The summed E-state index contributed by atoms with van der Waals surface area (Å²) in [5, 5.41) is 16.4. The van der Waals surface area contributed by atoms with E-state index in [2.05, 4.69) is 4.52 Å². The Labute approximate surface area is 116 Å². The van der Waals surface area contributed by atoms with Gasteiger partial charge < -0.3 is 29.1 Å². The number of phosphoric acid groups is 1. The number of hydrogen-bond donors (Lipinski definition) is 2. The minimum Gasteiger partial charge on any atom is -0.790 e. The van der Waals surface area contributed by atoms with Gasteiger partial charge in [0.1, 0.15) is 6.10 Å². The van der Waals surface area contributed by atoms with Gasteiger partial charge in [0.2, 0.25) is 0 Å². The van der Waals surface area contributed by atoms with Crippen molar-refractivity contribution in [3.63, 3.8) is 0 Å². The Hall–Kier alpha value is 2.06. The molecule has 0 aliphatic carbocycles. The first-order valence-electron chi connectivity index (χ1n) is 2.41. The molecule has 0 bridgehead atoms. The van der Waals surface area contributed by atoms with Crippen molar-refractivity contribution in [1.29, 1.82) is 0 Å². The van der Waals surface area contributed by atoms with Crippen molar-refractivity contribution in [2.75, 3.05) is 13.2 Å². The van der Waals surface area contributed by atoms with Crippen LogP contribution in [0.25, 0.3) is 0 Å².